The zero-order valence-electron chi connectivity index (χ0n) is 12.3. The van der Waals surface area contributed by atoms with Crippen LogP contribution in [0.25, 0.3) is 0 Å². The molecule has 0 spiro atoms. The molecule has 1 saturated carbocycles. The molecule has 2 rings (SSSR count). The SMILES string of the molecule is CCSC1CCC(Nc2c([N+](=O)[O-])c(C)nn2CC)C1. The molecule has 1 aliphatic rings. The first-order chi connectivity index (χ1) is 9.56. The number of hydrogen-bond donors (Lipinski definition) is 1. The van der Waals surface area contributed by atoms with Crippen molar-refractivity contribution in [2.75, 3.05) is 11.1 Å². The Bertz CT molecular complexity index is 489. The van der Waals surface area contributed by atoms with Crippen molar-refractivity contribution in [3.63, 3.8) is 0 Å². The van der Waals surface area contributed by atoms with E-state index in [2.05, 4.69) is 17.3 Å². The first-order valence-electron chi connectivity index (χ1n) is 7.16. The van der Waals surface area contributed by atoms with Crippen molar-refractivity contribution < 1.29 is 4.92 Å². The molecular formula is C13H22N4O2S. The predicted molar refractivity (Wildman–Crippen MR) is 82.5 cm³/mol. The molecule has 0 aromatic carbocycles. The van der Waals surface area contributed by atoms with Gasteiger partial charge in [0.1, 0.15) is 5.69 Å². The van der Waals surface area contributed by atoms with Gasteiger partial charge in [0.05, 0.1) is 4.92 Å². The lowest BCUT2D eigenvalue weighted by molar-refractivity contribution is -0.384. The molecule has 1 aromatic rings. The Morgan fingerprint density at radius 1 is 1.50 bits per heavy atom. The van der Waals surface area contributed by atoms with Gasteiger partial charge in [-0.2, -0.15) is 16.9 Å². The quantitative estimate of drug-likeness (QED) is 0.645. The zero-order valence-corrected chi connectivity index (χ0v) is 13.1. The minimum absolute atomic E-state index is 0.124. The van der Waals surface area contributed by atoms with Gasteiger partial charge in [-0.15, -0.1) is 0 Å². The molecule has 0 amide bonds. The molecule has 1 aliphatic carbocycles. The molecule has 1 N–H and O–H groups in total. The highest BCUT2D eigenvalue weighted by atomic mass is 32.2. The van der Waals surface area contributed by atoms with Crippen LogP contribution in [0.1, 0.15) is 38.8 Å². The van der Waals surface area contributed by atoms with Crippen LogP contribution in [0.3, 0.4) is 0 Å². The predicted octanol–water partition coefficient (Wildman–Crippen LogP) is 3.21. The first-order valence-corrected chi connectivity index (χ1v) is 8.21. The van der Waals surface area contributed by atoms with Gasteiger partial charge in [0.15, 0.2) is 0 Å². The summed E-state index contributed by atoms with van der Waals surface area (Å²) in [6, 6.07) is 0.319. The summed E-state index contributed by atoms with van der Waals surface area (Å²) in [4.78, 5) is 10.9. The maximum atomic E-state index is 11.2. The number of hydrogen-bond acceptors (Lipinski definition) is 5. The lowest BCUT2D eigenvalue weighted by Gasteiger charge is -2.14. The monoisotopic (exact) mass is 298 g/mol. The van der Waals surface area contributed by atoms with Crippen molar-refractivity contribution in [1.29, 1.82) is 0 Å². The van der Waals surface area contributed by atoms with E-state index in [1.807, 2.05) is 18.7 Å². The summed E-state index contributed by atoms with van der Waals surface area (Å²) in [5.41, 5.74) is 0.607. The molecule has 2 atom stereocenters. The lowest BCUT2D eigenvalue weighted by atomic mass is 10.2. The Hall–Kier alpha value is -1.24. The third-order valence-corrected chi connectivity index (χ3v) is 4.94. The number of aromatic nitrogens is 2. The highest BCUT2D eigenvalue weighted by Gasteiger charge is 2.30. The maximum absolute atomic E-state index is 11.2. The van der Waals surface area contributed by atoms with Crippen molar-refractivity contribution in [2.45, 2.75) is 57.9 Å². The fourth-order valence-corrected chi connectivity index (χ4v) is 3.96. The number of rotatable bonds is 6. The van der Waals surface area contributed by atoms with Crippen molar-refractivity contribution in [2.24, 2.45) is 0 Å². The number of thioether (sulfide) groups is 1. The second-order valence-corrected chi connectivity index (χ2v) is 6.66. The average molecular weight is 298 g/mol. The molecule has 2 unspecified atom stereocenters. The van der Waals surface area contributed by atoms with E-state index in [4.69, 9.17) is 0 Å². The molecule has 20 heavy (non-hydrogen) atoms. The van der Waals surface area contributed by atoms with E-state index in [1.54, 1.807) is 11.6 Å². The average Bonchev–Trinajstić information content (AvgIpc) is 2.95. The van der Waals surface area contributed by atoms with Crippen LogP contribution in [0.5, 0.6) is 0 Å². The summed E-state index contributed by atoms with van der Waals surface area (Å²) in [6.07, 6.45) is 3.33. The van der Waals surface area contributed by atoms with Crippen LogP contribution >= 0.6 is 11.8 Å². The molecule has 0 saturated heterocycles. The molecule has 112 valence electrons. The van der Waals surface area contributed by atoms with Gasteiger partial charge in [0.2, 0.25) is 5.82 Å². The topological polar surface area (TPSA) is 73.0 Å². The second-order valence-electron chi connectivity index (χ2n) is 5.09. The zero-order chi connectivity index (χ0) is 14.7. The maximum Gasteiger partial charge on any atom is 0.333 e. The number of anilines is 1. The normalized spacial score (nSPS) is 22.1. The molecule has 0 aliphatic heterocycles. The Kier molecular flexibility index (Phi) is 4.91. The van der Waals surface area contributed by atoms with Gasteiger partial charge in [0.25, 0.3) is 0 Å². The molecular weight excluding hydrogens is 276 g/mol. The second kappa shape index (κ2) is 6.47. The Morgan fingerprint density at radius 3 is 2.85 bits per heavy atom. The van der Waals surface area contributed by atoms with Gasteiger partial charge in [-0.3, -0.25) is 10.1 Å². The van der Waals surface area contributed by atoms with Gasteiger partial charge in [0, 0.05) is 17.8 Å². The fourth-order valence-electron chi connectivity index (χ4n) is 2.81. The molecule has 0 bridgehead atoms. The third-order valence-electron chi connectivity index (χ3n) is 3.71. The summed E-state index contributed by atoms with van der Waals surface area (Å²) >= 11 is 1.98. The van der Waals surface area contributed by atoms with E-state index in [1.165, 1.54) is 6.42 Å². The van der Waals surface area contributed by atoms with E-state index in [0.29, 0.717) is 29.3 Å². The van der Waals surface area contributed by atoms with Crippen molar-refractivity contribution in [3.05, 3.63) is 15.8 Å². The molecule has 1 aromatic heterocycles. The smallest absolute Gasteiger partial charge is 0.333 e. The van der Waals surface area contributed by atoms with Crippen LogP contribution in [0.4, 0.5) is 11.5 Å². The Morgan fingerprint density at radius 2 is 2.25 bits per heavy atom. The number of nitro groups is 1. The standard InChI is InChI=1S/C13H22N4O2S/c1-4-16-13(12(17(18)19)9(3)15-16)14-10-6-7-11(8-10)20-5-2/h10-11,14H,4-8H2,1-3H3. The van der Waals surface area contributed by atoms with Gasteiger partial charge in [-0.1, -0.05) is 6.92 Å². The van der Waals surface area contributed by atoms with Gasteiger partial charge >= 0.3 is 5.69 Å². The van der Waals surface area contributed by atoms with Crippen molar-refractivity contribution in [3.8, 4) is 0 Å². The fraction of sp³-hybridized carbons (Fsp3) is 0.769. The molecule has 7 heteroatoms. The van der Waals surface area contributed by atoms with Crippen molar-refractivity contribution >= 4 is 23.3 Å². The minimum atomic E-state index is -0.329. The van der Waals surface area contributed by atoms with Gasteiger partial charge in [-0.25, -0.2) is 4.68 Å². The summed E-state index contributed by atoms with van der Waals surface area (Å²) < 4.78 is 1.70. The molecule has 0 radical (unpaired) electrons. The molecule has 1 heterocycles. The largest absolute Gasteiger partial charge is 0.362 e. The summed E-state index contributed by atoms with van der Waals surface area (Å²) in [5, 5.41) is 19.5. The molecule has 6 nitrogen and oxygen atoms in total. The van der Waals surface area contributed by atoms with E-state index in [9.17, 15) is 10.1 Å². The van der Waals surface area contributed by atoms with Crippen LogP contribution in [-0.4, -0.2) is 31.7 Å². The number of nitrogens with zero attached hydrogens (tertiary/aromatic N) is 3. The number of nitrogens with one attached hydrogen (secondary N) is 1. The summed E-state index contributed by atoms with van der Waals surface area (Å²) in [7, 11) is 0. The van der Waals surface area contributed by atoms with Crippen LogP contribution < -0.4 is 5.32 Å². The summed E-state index contributed by atoms with van der Waals surface area (Å²) in [6.45, 7) is 6.45. The lowest BCUT2D eigenvalue weighted by Crippen LogP contribution is -2.19. The number of aryl methyl sites for hydroxylation is 2. The van der Waals surface area contributed by atoms with E-state index in [-0.39, 0.29) is 10.6 Å². The third kappa shape index (κ3) is 3.08. The Labute approximate surface area is 123 Å². The van der Waals surface area contributed by atoms with Crippen LogP contribution in [0.2, 0.25) is 0 Å². The van der Waals surface area contributed by atoms with E-state index < -0.39 is 0 Å². The first kappa shape index (κ1) is 15.2. The minimum Gasteiger partial charge on any atom is -0.362 e. The Balaban J connectivity index is 2.15. The van der Waals surface area contributed by atoms with E-state index >= 15 is 0 Å². The van der Waals surface area contributed by atoms with Crippen LogP contribution in [0, 0.1) is 17.0 Å². The van der Waals surface area contributed by atoms with Crippen molar-refractivity contribution in [1.82, 2.24) is 9.78 Å². The molecule has 1 fully saturated rings. The van der Waals surface area contributed by atoms with Gasteiger partial charge < -0.3 is 5.32 Å². The highest BCUT2D eigenvalue weighted by Crippen LogP contribution is 2.34. The van der Waals surface area contributed by atoms with Crippen LogP contribution in [-0.2, 0) is 6.54 Å². The van der Waals surface area contributed by atoms with Gasteiger partial charge in [-0.05, 0) is 38.9 Å². The highest BCUT2D eigenvalue weighted by molar-refractivity contribution is 7.99. The van der Waals surface area contributed by atoms with E-state index in [0.717, 1.165) is 18.6 Å². The summed E-state index contributed by atoms with van der Waals surface area (Å²) in [5.74, 6) is 1.70. The van der Waals surface area contributed by atoms with Crippen LogP contribution in [0.15, 0.2) is 0 Å².